The van der Waals surface area contributed by atoms with Crippen LogP contribution >= 0.6 is 11.6 Å². The Bertz CT molecular complexity index is 1530. The summed E-state index contributed by atoms with van der Waals surface area (Å²) in [5.41, 5.74) is 2.04. The lowest BCUT2D eigenvalue weighted by Gasteiger charge is -2.41. The van der Waals surface area contributed by atoms with Crippen molar-refractivity contribution in [2.75, 3.05) is 44.9 Å². The molecular weight excluding hydrogens is 553 g/mol. The van der Waals surface area contributed by atoms with Gasteiger partial charge in [0.1, 0.15) is 24.1 Å². The first kappa shape index (κ1) is 28.7. The van der Waals surface area contributed by atoms with Gasteiger partial charge < -0.3 is 29.2 Å². The van der Waals surface area contributed by atoms with Crippen molar-refractivity contribution in [3.8, 4) is 5.88 Å². The predicted molar refractivity (Wildman–Crippen MR) is 152 cm³/mol. The molecule has 0 spiro atoms. The Kier molecular flexibility index (Phi) is 8.99. The van der Waals surface area contributed by atoms with E-state index in [2.05, 4.69) is 9.88 Å². The number of nitrogens with zero attached hydrogens (tertiary/aromatic N) is 5. The summed E-state index contributed by atoms with van der Waals surface area (Å²) in [5.74, 6) is 0.376. The predicted octanol–water partition coefficient (Wildman–Crippen LogP) is 3.83. The van der Waals surface area contributed by atoms with E-state index in [1.54, 1.807) is 43.5 Å². The Morgan fingerprint density at radius 2 is 2.00 bits per heavy atom. The lowest BCUT2D eigenvalue weighted by atomic mass is 10.1. The van der Waals surface area contributed by atoms with Gasteiger partial charge in [0, 0.05) is 49.9 Å². The maximum atomic E-state index is 14.1. The number of pyridine rings is 1. The number of benzene rings is 2. The van der Waals surface area contributed by atoms with Gasteiger partial charge in [-0.1, -0.05) is 23.7 Å². The number of fused-ring (bicyclic) bond motifs is 1. The quantitative estimate of drug-likeness (QED) is 0.272. The molecule has 2 N–H and O–H groups in total. The second-order valence-corrected chi connectivity index (χ2v) is 10.2. The molecule has 5 rings (SSSR count). The number of rotatable bonds is 11. The van der Waals surface area contributed by atoms with Crippen molar-refractivity contribution in [3.05, 3.63) is 82.4 Å². The summed E-state index contributed by atoms with van der Waals surface area (Å²) in [7, 11) is 1.62. The van der Waals surface area contributed by atoms with Crippen LogP contribution in [0.1, 0.15) is 21.7 Å². The van der Waals surface area contributed by atoms with Gasteiger partial charge in [0.15, 0.2) is 0 Å². The summed E-state index contributed by atoms with van der Waals surface area (Å²) in [6, 6.07) is 14.5. The van der Waals surface area contributed by atoms with Gasteiger partial charge in [0.05, 0.1) is 42.4 Å². The normalized spacial score (nSPS) is 15.9. The molecule has 0 radical (unpaired) electrons. The van der Waals surface area contributed by atoms with Crippen LogP contribution in [0.25, 0.3) is 11.0 Å². The Balaban J connectivity index is 1.29. The minimum atomic E-state index is -0.991. The maximum Gasteiger partial charge on any atom is 0.335 e. The first-order chi connectivity index (χ1) is 19.9. The van der Waals surface area contributed by atoms with E-state index in [1.807, 2.05) is 21.6 Å². The number of carbonyl (C=O) groups is 1. The molecule has 1 aliphatic rings. The van der Waals surface area contributed by atoms with E-state index in [9.17, 15) is 19.4 Å². The number of halogens is 2. The third-order valence-electron chi connectivity index (χ3n) is 7.13. The van der Waals surface area contributed by atoms with E-state index in [4.69, 9.17) is 26.1 Å². The van der Waals surface area contributed by atoms with Crippen molar-refractivity contribution in [2.24, 2.45) is 0 Å². The molecule has 0 amide bonds. The number of hydrogen-bond acceptors (Lipinski definition) is 8. The highest BCUT2D eigenvalue weighted by atomic mass is 35.5. The second-order valence-electron chi connectivity index (χ2n) is 9.80. The number of ether oxygens (including phenoxy) is 2. The third-order valence-corrected chi connectivity index (χ3v) is 7.36. The molecule has 1 aliphatic heterocycles. The van der Waals surface area contributed by atoms with Gasteiger partial charge in [-0.05, 0) is 36.4 Å². The zero-order valence-corrected chi connectivity index (χ0v) is 23.3. The molecule has 4 aromatic rings. The molecule has 1 fully saturated rings. The van der Waals surface area contributed by atoms with Crippen LogP contribution in [-0.4, -0.2) is 81.6 Å². The molecule has 10 nitrogen and oxygen atoms in total. The van der Waals surface area contributed by atoms with E-state index in [0.717, 1.165) is 16.9 Å². The van der Waals surface area contributed by atoms with Crippen LogP contribution in [-0.2, 0) is 24.4 Å². The molecule has 12 heteroatoms. The number of hydrogen-bond donors (Lipinski definition) is 2. The second kappa shape index (κ2) is 12.8. The first-order valence-corrected chi connectivity index (χ1v) is 13.6. The van der Waals surface area contributed by atoms with Gasteiger partial charge in [-0.3, -0.25) is 4.90 Å². The fourth-order valence-electron chi connectivity index (χ4n) is 5.01. The number of aromatic nitrogens is 3. The number of aliphatic hydroxyl groups excluding tert-OH is 1. The fraction of sp³-hybridized carbons (Fsp3) is 0.345. The number of piperazine rings is 1. The van der Waals surface area contributed by atoms with Crippen LogP contribution in [0.2, 0.25) is 5.02 Å². The standard InChI is InChI=1S/C29H31ClFN5O5/c1-40-12-11-36-25-13-19(29(38)39)6-8-24(25)32-27(36)16-34-9-10-35(22(15-34)17-37)26-3-2-4-28(33-26)41-18-20-5-7-21(30)14-23(20)31/h2-8,13-14,22,37H,9-12,15-18H2,1H3,(H,38,39)/t22-/m1/s1. The zero-order chi connectivity index (χ0) is 28.9. The SMILES string of the molecule is COCCn1c(CN2CCN(c3cccc(OCc4ccc(Cl)cc4F)n3)[C@@H](CO)C2)nc2ccc(C(=O)O)cc21. The van der Waals surface area contributed by atoms with Gasteiger partial charge in [-0.2, -0.15) is 4.98 Å². The monoisotopic (exact) mass is 583 g/mol. The van der Waals surface area contributed by atoms with Gasteiger partial charge in [0.25, 0.3) is 0 Å². The lowest BCUT2D eigenvalue weighted by molar-refractivity contribution is 0.0697. The lowest BCUT2D eigenvalue weighted by Crippen LogP contribution is -2.55. The Hall–Kier alpha value is -3.77. The number of imidazole rings is 1. The summed E-state index contributed by atoms with van der Waals surface area (Å²) >= 11 is 5.83. The molecule has 0 saturated carbocycles. The molecule has 0 aliphatic carbocycles. The van der Waals surface area contributed by atoms with Crippen LogP contribution in [0.4, 0.5) is 10.2 Å². The van der Waals surface area contributed by atoms with Crippen molar-refractivity contribution in [1.82, 2.24) is 19.4 Å². The fourth-order valence-corrected chi connectivity index (χ4v) is 5.17. The summed E-state index contributed by atoms with van der Waals surface area (Å²) in [6.07, 6.45) is 0. The molecular formula is C29H31ClFN5O5. The highest BCUT2D eigenvalue weighted by Gasteiger charge is 2.29. The van der Waals surface area contributed by atoms with E-state index < -0.39 is 11.8 Å². The zero-order valence-electron chi connectivity index (χ0n) is 22.5. The summed E-state index contributed by atoms with van der Waals surface area (Å²) in [6.45, 7) is 3.29. The van der Waals surface area contributed by atoms with Crippen LogP contribution in [0.3, 0.4) is 0 Å². The van der Waals surface area contributed by atoms with Crippen LogP contribution in [0.5, 0.6) is 5.88 Å². The topological polar surface area (TPSA) is 113 Å². The Morgan fingerprint density at radius 3 is 2.76 bits per heavy atom. The van der Waals surface area contributed by atoms with Gasteiger partial charge >= 0.3 is 5.97 Å². The molecule has 2 aromatic heterocycles. The van der Waals surface area contributed by atoms with Gasteiger partial charge in [0.2, 0.25) is 5.88 Å². The number of aliphatic hydroxyl groups is 1. The van der Waals surface area contributed by atoms with Crippen LogP contribution in [0.15, 0.2) is 54.6 Å². The van der Waals surface area contributed by atoms with E-state index in [-0.39, 0.29) is 24.8 Å². The molecule has 1 saturated heterocycles. The van der Waals surface area contributed by atoms with E-state index >= 15 is 0 Å². The van der Waals surface area contributed by atoms with Crippen LogP contribution < -0.4 is 9.64 Å². The van der Waals surface area contributed by atoms with Crippen molar-refractivity contribution in [1.29, 1.82) is 0 Å². The largest absolute Gasteiger partial charge is 0.478 e. The third kappa shape index (κ3) is 6.59. The minimum Gasteiger partial charge on any atom is -0.478 e. The number of anilines is 1. The molecule has 2 aromatic carbocycles. The van der Waals surface area contributed by atoms with Crippen LogP contribution in [0, 0.1) is 5.82 Å². The van der Waals surface area contributed by atoms with Crippen molar-refractivity contribution in [2.45, 2.75) is 25.7 Å². The summed E-state index contributed by atoms with van der Waals surface area (Å²) < 4.78 is 27.2. The highest BCUT2D eigenvalue weighted by Crippen LogP contribution is 2.25. The average Bonchev–Trinajstić information content (AvgIpc) is 3.31. The number of carboxylic acids is 1. The maximum absolute atomic E-state index is 14.1. The first-order valence-electron chi connectivity index (χ1n) is 13.2. The number of methoxy groups -OCH3 is 1. The van der Waals surface area contributed by atoms with Crippen molar-refractivity contribution in [3.63, 3.8) is 0 Å². The van der Waals surface area contributed by atoms with Crippen molar-refractivity contribution >= 4 is 34.4 Å². The van der Waals surface area contributed by atoms with E-state index in [1.165, 1.54) is 6.07 Å². The number of aromatic carboxylic acids is 1. The summed E-state index contributed by atoms with van der Waals surface area (Å²) in [4.78, 5) is 25.2. The summed E-state index contributed by atoms with van der Waals surface area (Å²) in [5, 5.41) is 20.0. The Morgan fingerprint density at radius 1 is 1.15 bits per heavy atom. The highest BCUT2D eigenvalue weighted by molar-refractivity contribution is 6.30. The molecule has 0 bridgehead atoms. The minimum absolute atomic E-state index is 0.00862. The molecule has 1 atom stereocenters. The Labute approximate surface area is 241 Å². The average molecular weight is 584 g/mol. The van der Waals surface area contributed by atoms with E-state index in [0.29, 0.717) is 61.6 Å². The smallest absolute Gasteiger partial charge is 0.335 e. The molecule has 41 heavy (non-hydrogen) atoms. The molecule has 3 heterocycles. The number of carboxylic acid groups (broad SMARTS) is 1. The molecule has 216 valence electrons. The van der Waals surface area contributed by atoms with Gasteiger partial charge in [-0.15, -0.1) is 0 Å². The van der Waals surface area contributed by atoms with Crippen molar-refractivity contribution < 1.29 is 28.9 Å². The molecule has 0 unspecified atom stereocenters. The van der Waals surface area contributed by atoms with Gasteiger partial charge in [-0.25, -0.2) is 14.2 Å².